The quantitative estimate of drug-likeness (QED) is 0.311. The highest BCUT2D eigenvalue weighted by molar-refractivity contribution is 7.85. The van der Waals surface area contributed by atoms with Crippen molar-refractivity contribution in [2.75, 3.05) is 11.0 Å². The molecular weight excluding hydrogens is 478 g/mol. The van der Waals surface area contributed by atoms with E-state index in [-0.39, 0.29) is 24.3 Å². The second kappa shape index (κ2) is 11.4. The number of hydrogen-bond acceptors (Lipinski definition) is 5. The number of anilines is 1. The van der Waals surface area contributed by atoms with Crippen molar-refractivity contribution in [2.24, 2.45) is 0 Å². The topological polar surface area (TPSA) is 125 Å². The van der Waals surface area contributed by atoms with Crippen LogP contribution in [0, 0.1) is 11.6 Å². The van der Waals surface area contributed by atoms with Crippen molar-refractivity contribution in [1.82, 2.24) is 15.2 Å². The van der Waals surface area contributed by atoms with Gasteiger partial charge in [0.25, 0.3) is 0 Å². The maximum absolute atomic E-state index is 14.8. The lowest BCUT2D eigenvalue weighted by molar-refractivity contribution is 0.0696. The van der Waals surface area contributed by atoms with Gasteiger partial charge < -0.3 is 9.83 Å². The smallest absolute Gasteiger partial charge is 0.335 e. The van der Waals surface area contributed by atoms with Gasteiger partial charge in [-0.15, -0.1) is 0 Å². The number of hydrogen-bond donors (Lipinski definition) is 3. The van der Waals surface area contributed by atoms with E-state index in [9.17, 15) is 22.6 Å². The van der Waals surface area contributed by atoms with Crippen molar-refractivity contribution < 1.29 is 27.7 Å². The monoisotopic (exact) mass is 502 g/mol. The van der Waals surface area contributed by atoms with Gasteiger partial charge in [-0.2, -0.15) is 5.10 Å². The van der Waals surface area contributed by atoms with Gasteiger partial charge >= 0.3 is 5.97 Å². The number of pyridine rings is 1. The summed E-state index contributed by atoms with van der Waals surface area (Å²) in [6.07, 6.45) is 2.70. The van der Waals surface area contributed by atoms with Crippen LogP contribution in [-0.4, -0.2) is 42.5 Å². The average molecular weight is 503 g/mol. The van der Waals surface area contributed by atoms with Gasteiger partial charge in [-0.3, -0.25) is 9.89 Å². The molecule has 3 N–H and O–H groups in total. The highest BCUT2D eigenvalue weighted by atomic mass is 32.2. The minimum atomic E-state index is -1.75. The Balaban J connectivity index is 0.00000140. The van der Waals surface area contributed by atoms with Crippen molar-refractivity contribution in [1.29, 1.82) is 0 Å². The van der Waals surface area contributed by atoms with E-state index < -0.39 is 45.6 Å². The summed E-state index contributed by atoms with van der Waals surface area (Å²) >= 11 is 0. The summed E-state index contributed by atoms with van der Waals surface area (Å²) < 4.78 is 42.3. The van der Waals surface area contributed by atoms with Gasteiger partial charge in [0.15, 0.2) is 11.5 Å². The first-order valence-corrected chi connectivity index (χ1v) is 11.6. The number of aromatic carboxylic acids is 1. The molecule has 0 saturated carbocycles. The molecule has 0 radical (unpaired) electrons. The summed E-state index contributed by atoms with van der Waals surface area (Å²) in [4.78, 5) is 28.3. The number of carbonyl (C=O) groups is 2. The first-order valence-electron chi connectivity index (χ1n) is 10.1. The second-order valence-corrected chi connectivity index (χ2v) is 7.86. The molecule has 0 amide bonds. The Labute approximate surface area is 203 Å². The van der Waals surface area contributed by atoms with Crippen molar-refractivity contribution in [3.8, 4) is 11.1 Å². The molecule has 0 fully saturated rings. The Hall–Kier alpha value is -3.99. The lowest BCUT2D eigenvalue weighted by Gasteiger charge is -2.09. The third-order valence-corrected chi connectivity index (χ3v) is 5.17. The Morgan fingerprint density at radius 2 is 1.71 bits per heavy atom. The first kappa shape index (κ1) is 27.3. The van der Waals surface area contributed by atoms with E-state index in [0.717, 1.165) is 12.1 Å². The zero-order valence-corrected chi connectivity index (χ0v) is 19.2. The van der Waals surface area contributed by atoms with Gasteiger partial charge in [0.05, 0.1) is 16.5 Å². The molecule has 4 aromatic rings. The Morgan fingerprint density at radius 3 is 2.31 bits per heavy atom. The van der Waals surface area contributed by atoms with E-state index in [1.165, 1.54) is 24.6 Å². The molecule has 0 bridgehead atoms. The highest BCUT2D eigenvalue weighted by Gasteiger charge is 2.24. The Morgan fingerprint density at radius 1 is 1.06 bits per heavy atom. The largest absolute Gasteiger partial charge is 0.478 e. The van der Waals surface area contributed by atoms with Crippen LogP contribution in [0.3, 0.4) is 0 Å². The van der Waals surface area contributed by atoms with Crippen molar-refractivity contribution in [2.45, 2.75) is 21.3 Å². The molecule has 4 rings (SSSR count). The van der Waals surface area contributed by atoms with Gasteiger partial charge in [0.1, 0.15) is 28.2 Å². The van der Waals surface area contributed by atoms with Crippen molar-refractivity contribution in [3.05, 3.63) is 77.1 Å². The van der Waals surface area contributed by atoms with Crippen LogP contribution < -0.4 is 4.72 Å². The van der Waals surface area contributed by atoms with E-state index in [2.05, 4.69) is 19.9 Å². The lowest BCUT2D eigenvalue weighted by atomic mass is 10.0. The van der Waals surface area contributed by atoms with Gasteiger partial charge in [-0.05, 0) is 35.9 Å². The summed E-state index contributed by atoms with van der Waals surface area (Å²) in [5, 5.41) is 15.8. The Kier molecular flexibility index (Phi) is 8.90. The fourth-order valence-corrected chi connectivity index (χ4v) is 3.61. The molecule has 1 unspecified atom stereocenters. The summed E-state index contributed by atoms with van der Waals surface area (Å²) in [5.74, 6) is -4.02. The predicted octanol–water partition coefficient (Wildman–Crippen LogP) is 5.20. The van der Waals surface area contributed by atoms with Crippen LogP contribution in [0.15, 0.2) is 48.7 Å². The Bertz CT molecular complexity index is 1400. The standard InChI is InChI=1S/C21H14F2N4O4S.C2H6.CH4/c1-32(31)27-18-15(22)7-6-13(16(18)23)19(28)17-14-8-12(9-24-20(14)26-25-17)10-2-4-11(5-3-10)21(29)30;1-2;/h2-9,27H,1H3,(H,29,30)(H,24,25,26);1-2H3;1H4. The number of carbonyl (C=O) groups excluding carboxylic acids is 1. The zero-order chi connectivity index (χ0) is 25.0. The molecule has 11 heteroatoms. The summed E-state index contributed by atoms with van der Waals surface area (Å²) in [7, 11) is -1.75. The van der Waals surface area contributed by atoms with Gasteiger partial charge in [0, 0.05) is 18.0 Å². The summed E-state index contributed by atoms with van der Waals surface area (Å²) in [5.41, 5.74) is 0.368. The number of nitrogens with one attached hydrogen (secondary N) is 2. The number of carboxylic acid groups (broad SMARTS) is 1. The van der Waals surface area contributed by atoms with Gasteiger partial charge in [-0.1, -0.05) is 33.4 Å². The first-order chi connectivity index (χ1) is 16.3. The average Bonchev–Trinajstić information content (AvgIpc) is 3.26. The number of ketones is 1. The van der Waals surface area contributed by atoms with Crippen LogP contribution in [0.4, 0.5) is 14.5 Å². The molecule has 1 atom stereocenters. The number of fused-ring (bicyclic) bond motifs is 1. The molecule has 8 nitrogen and oxygen atoms in total. The zero-order valence-electron chi connectivity index (χ0n) is 18.3. The number of aromatic nitrogens is 3. The molecule has 0 aliphatic rings. The fraction of sp³-hybridized carbons (Fsp3) is 0.167. The van der Waals surface area contributed by atoms with E-state index >= 15 is 0 Å². The molecule has 0 saturated heterocycles. The molecule has 0 aliphatic carbocycles. The minimum Gasteiger partial charge on any atom is -0.478 e. The maximum Gasteiger partial charge on any atom is 0.335 e. The number of rotatable bonds is 6. The SMILES string of the molecule is C.CC.CS(=O)Nc1c(F)ccc(C(=O)c2[nH]nc3ncc(-c4ccc(C(=O)O)cc4)cc23)c1F. The van der Waals surface area contributed by atoms with Crippen LogP contribution >= 0.6 is 0 Å². The van der Waals surface area contributed by atoms with E-state index in [4.69, 9.17) is 5.11 Å². The normalized spacial score (nSPS) is 11.1. The number of H-pyrrole nitrogens is 1. The van der Waals surface area contributed by atoms with Gasteiger partial charge in [0.2, 0.25) is 5.78 Å². The molecule has 2 heterocycles. The van der Waals surface area contributed by atoms with Gasteiger partial charge in [-0.25, -0.2) is 22.8 Å². The summed E-state index contributed by atoms with van der Waals surface area (Å²) in [6.45, 7) is 4.00. The van der Waals surface area contributed by atoms with Crippen LogP contribution in [0.2, 0.25) is 0 Å². The highest BCUT2D eigenvalue weighted by Crippen LogP contribution is 2.28. The van der Waals surface area contributed by atoms with Crippen molar-refractivity contribution >= 4 is 39.5 Å². The van der Waals surface area contributed by atoms with Crippen LogP contribution in [0.25, 0.3) is 22.2 Å². The van der Waals surface area contributed by atoms with E-state index in [1.807, 2.05) is 13.8 Å². The van der Waals surface area contributed by atoms with E-state index in [1.54, 1.807) is 18.2 Å². The molecule has 35 heavy (non-hydrogen) atoms. The number of carboxylic acids is 1. The van der Waals surface area contributed by atoms with Crippen LogP contribution in [0.1, 0.15) is 47.7 Å². The number of nitrogens with zero attached hydrogens (tertiary/aromatic N) is 2. The second-order valence-electron chi connectivity index (χ2n) is 6.75. The maximum atomic E-state index is 14.8. The van der Waals surface area contributed by atoms with Crippen LogP contribution in [-0.2, 0) is 11.0 Å². The number of halogens is 2. The summed E-state index contributed by atoms with van der Waals surface area (Å²) in [6, 6.07) is 9.55. The molecule has 0 spiro atoms. The number of aromatic amines is 1. The minimum absolute atomic E-state index is 0. The molecule has 2 aromatic heterocycles. The lowest BCUT2D eigenvalue weighted by Crippen LogP contribution is -2.11. The molecular formula is C24H24F2N4O4S. The van der Waals surface area contributed by atoms with Crippen LogP contribution in [0.5, 0.6) is 0 Å². The number of benzene rings is 2. The molecule has 2 aromatic carbocycles. The molecule has 0 aliphatic heterocycles. The third-order valence-electron chi connectivity index (χ3n) is 4.68. The van der Waals surface area contributed by atoms with Crippen molar-refractivity contribution in [3.63, 3.8) is 0 Å². The van der Waals surface area contributed by atoms with E-state index in [0.29, 0.717) is 16.5 Å². The fourth-order valence-electron chi connectivity index (χ4n) is 3.14. The predicted molar refractivity (Wildman–Crippen MR) is 132 cm³/mol. The third kappa shape index (κ3) is 5.57. The molecule has 184 valence electrons.